The molecule has 1 aliphatic carbocycles. The molecule has 3 atom stereocenters. The second-order valence-electron chi connectivity index (χ2n) is 5.85. The van der Waals surface area contributed by atoms with E-state index in [0.29, 0.717) is 17.9 Å². The summed E-state index contributed by atoms with van der Waals surface area (Å²) < 4.78 is 0. The van der Waals surface area contributed by atoms with E-state index in [4.69, 9.17) is 5.73 Å². The maximum atomic E-state index is 12.5. The van der Waals surface area contributed by atoms with Gasteiger partial charge in [-0.15, -0.1) is 11.3 Å². The van der Waals surface area contributed by atoms with Gasteiger partial charge in [-0.1, -0.05) is 13.3 Å². The minimum absolute atomic E-state index is 0.214. The molecule has 4 heteroatoms. The average Bonchev–Trinajstić information content (AvgIpc) is 3.05. The molecule has 3 unspecified atom stereocenters. The fraction of sp³-hybridized carbons (Fsp3) is 0.667. The molecule has 1 aromatic heterocycles. The highest BCUT2D eigenvalue weighted by molar-refractivity contribution is 7.14. The van der Waals surface area contributed by atoms with Crippen molar-refractivity contribution in [3.05, 3.63) is 21.9 Å². The number of likely N-dealkylation sites (tertiary alicyclic amines) is 1. The summed E-state index contributed by atoms with van der Waals surface area (Å²) in [6.45, 7) is 3.91. The van der Waals surface area contributed by atoms with E-state index in [1.165, 1.54) is 17.7 Å². The molecule has 1 saturated heterocycles. The van der Waals surface area contributed by atoms with E-state index in [1.807, 2.05) is 11.0 Å². The molecule has 0 aromatic carbocycles. The van der Waals surface area contributed by atoms with Gasteiger partial charge in [0.2, 0.25) is 0 Å². The predicted molar refractivity (Wildman–Crippen MR) is 78.4 cm³/mol. The molecule has 2 fully saturated rings. The summed E-state index contributed by atoms with van der Waals surface area (Å²) >= 11 is 1.64. The van der Waals surface area contributed by atoms with Gasteiger partial charge in [0.25, 0.3) is 5.91 Å². The van der Waals surface area contributed by atoms with Crippen LogP contribution in [-0.2, 0) is 6.42 Å². The SMILES string of the molecule is CCc1ccc(C(=O)N2CC3CCCC(N)C3C2)s1. The van der Waals surface area contributed by atoms with Crippen LogP contribution in [0.5, 0.6) is 0 Å². The molecule has 2 heterocycles. The predicted octanol–water partition coefficient (Wildman–Crippen LogP) is 2.51. The second-order valence-corrected chi connectivity index (χ2v) is 7.02. The number of thiophene rings is 1. The summed E-state index contributed by atoms with van der Waals surface area (Å²) in [7, 11) is 0. The van der Waals surface area contributed by atoms with Gasteiger partial charge in [-0.05, 0) is 43.2 Å². The lowest BCUT2D eigenvalue weighted by atomic mass is 9.78. The highest BCUT2D eigenvalue weighted by Crippen LogP contribution is 2.36. The minimum atomic E-state index is 0.214. The molecule has 104 valence electrons. The van der Waals surface area contributed by atoms with Crippen molar-refractivity contribution in [2.75, 3.05) is 13.1 Å². The molecule has 3 nitrogen and oxygen atoms in total. The fourth-order valence-corrected chi connectivity index (χ4v) is 4.44. The van der Waals surface area contributed by atoms with Crippen LogP contribution in [-0.4, -0.2) is 29.9 Å². The van der Waals surface area contributed by atoms with Crippen LogP contribution in [0.1, 0.15) is 40.7 Å². The number of fused-ring (bicyclic) bond motifs is 1. The molecule has 3 rings (SSSR count). The highest BCUT2D eigenvalue weighted by atomic mass is 32.1. The summed E-state index contributed by atoms with van der Waals surface area (Å²) in [6, 6.07) is 4.35. The van der Waals surface area contributed by atoms with Gasteiger partial charge >= 0.3 is 0 Å². The zero-order valence-electron chi connectivity index (χ0n) is 11.5. The number of aryl methyl sites for hydroxylation is 1. The van der Waals surface area contributed by atoms with Gasteiger partial charge in [0.05, 0.1) is 4.88 Å². The standard InChI is InChI=1S/C15H22N2OS/c1-2-11-6-7-14(19-11)15(18)17-8-10-4-3-5-13(16)12(10)9-17/h6-7,10,12-13H,2-5,8-9,16H2,1H3. The van der Waals surface area contributed by atoms with E-state index in [-0.39, 0.29) is 5.91 Å². The van der Waals surface area contributed by atoms with Gasteiger partial charge in [0, 0.05) is 24.0 Å². The maximum absolute atomic E-state index is 12.5. The Morgan fingerprint density at radius 1 is 1.42 bits per heavy atom. The zero-order chi connectivity index (χ0) is 13.4. The molecule has 1 amide bonds. The molecule has 1 aliphatic heterocycles. The lowest BCUT2D eigenvalue weighted by molar-refractivity contribution is 0.0788. The summed E-state index contributed by atoms with van der Waals surface area (Å²) in [4.78, 5) is 16.7. The van der Waals surface area contributed by atoms with Gasteiger partial charge in [-0.3, -0.25) is 4.79 Å². The molecule has 0 spiro atoms. The number of rotatable bonds is 2. The van der Waals surface area contributed by atoms with Gasteiger partial charge in [-0.25, -0.2) is 0 Å². The number of nitrogens with two attached hydrogens (primary N) is 1. The summed E-state index contributed by atoms with van der Waals surface area (Å²) in [5.41, 5.74) is 6.21. The molecular formula is C15H22N2OS. The van der Waals surface area contributed by atoms with Gasteiger partial charge in [0.15, 0.2) is 0 Å². The minimum Gasteiger partial charge on any atom is -0.337 e. The highest BCUT2D eigenvalue weighted by Gasteiger charge is 2.40. The van der Waals surface area contributed by atoms with Crippen molar-refractivity contribution in [2.24, 2.45) is 17.6 Å². The summed E-state index contributed by atoms with van der Waals surface area (Å²) in [5.74, 6) is 1.38. The molecular weight excluding hydrogens is 256 g/mol. The number of amides is 1. The fourth-order valence-electron chi connectivity index (χ4n) is 3.52. The zero-order valence-corrected chi connectivity index (χ0v) is 12.3. The number of hydrogen-bond acceptors (Lipinski definition) is 3. The van der Waals surface area contributed by atoms with Crippen molar-refractivity contribution >= 4 is 17.2 Å². The van der Waals surface area contributed by atoms with Crippen molar-refractivity contribution < 1.29 is 4.79 Å². The Hall–Kier alpha value is -0.870. The first-order valence-corrected chi connectivity index (χ1v) is 8.14. The smallest absolute Gasteiger partial charge is 0.263 e. The van der Waals surface area contributed by atoms with Crippen LogP contribution >= 0.6 is 11.3 Å². The largest absolute Gasteiger partial charge is 0.337 e. The number of hydrogen-bond donors (Lipinski definition) is 1. The monoisotopic (exact) mass is 278 g/mol. The quantitative estimate of drug-likeness (QED) is 0.903. The van der Waals surface area contributed by atoms with Crippen molar-refractivity contribution in [3.8, 4) is 0 Å². The van der Waals surface area contributed by atoms with Crippen molar-refractivity contribution in [1.29, 1.82) is 0 Å². The number of carbonyl (C=O) groups is 1. The molecule has 2 aliphatic rings. The Morgan fingerprint density at radius 3 is 2.95 bits per heavy atom. The van der Waals surface area contributed by atoms with Crippen LogP contribution in [0.3, 0.4) is 0 Å². The second kappa shape index (κ2) is 5.25. The Kier molecular flexibility index (Phi) is 3.63. The lowest BCUT2D eigenvalue weighted by Crippen LogP contribution is -2.38. The first-order chi connectivity index (χ1) is 9.19. The normalized spacial score (nSPS) is 30.4. The van der Waals surface area contributed by atoms with Gasteiger partial charge in [-0.2, -0.15) is 0 Å². The third kappa shape index (κ3) is 2.43. The first-order valence-electron chi connectivity index (χ1n) is 7.32. The third-order valence-corrected chi connectivity index (χ3v) is 5.88. The first kappa shape index (κ1) is 13.1. The Balaban J connectivity index is 1.71. The molecule has 19 heavy (non-hydrogen) atoms. The number of nitrogens with zero attached hydrogens (tertiary/aromatic N) is 1. The van der Waals surface area contributed by atoms with Crippen molar-refractivity contribution in [2.45, 2.75) is 38.6 Å². The number of carbonyl (C=O) groups excluding carboxylic acids is 1. The molecule has 1 aromatic rings. The van der Waals surface area contributed by atoms with Crippen LogP contribution in [0.2, 0.25) is 0 Å². The van der Waals surface area contributed by atoms with E-state index in [2.05, 4.69) is 13.0 Å². The Bertz CT molecular complexity index is 470. The van der Waals surface area contributed by atoms with E-state index < -0.39 is 0 Å². The molecule has 0 bridgehead atoms. The summed E-state index contributed by atoms with van der Waals surface area (Å²) in [5, 5.41) is 0. The molecule has 1 saturated carbocycles. The average molecular weight is 278 g/mol. The van der Waals surface area contributed by atoms with Gasteiger partial charge in [0.1, 0.15) is 0 Å². The van der Waals surface area contributed by atoms with Gasteiger partial charge < -0.3 is 10.6 Å². The van der Waals surface area contributed by atoms with E-state index in [0.717, 1.165) is 30.8 Å². The van der Waals surface area contributed by atoms with Crippen LogP contribution in [0.25, 0.3) is 0 Å². The lowest BCUT2D eigenvalue weighted by Gasteiger charge is -2.29. The maximum Gasteiger partial charge on any atom is 0.263 e. The van der Waals surface area contributed by atoms with E-state index >= 15 is 0 Å². The topological polar surface area (TPSA) is 46.3 Å². The molecule has 0 radical (unpaired) electrons. The van der Waals surface area contributed by atoms with Crippen LogP contribution in [0.4, 0.5) is 0 Å². The van der Waals surface area contributed by atoms with Crippen molar-refractivity contribution in [3.63, 3.8) is 0 Å². The summed E-state index contributed by atoms with van der Waals surface area (Å²) in [6.07, 6.45) is 4.60. The van der Waals surface area contributed by atoms with E-state index in [9.17, 15) is 4.79 Å². The van der Waals surface area contributed by atoms with Crippen LogP contribution in [0.15, 0.2) is 12.1 Å². The van der Waals surface area contributed by atoms with Crippen LogP contribution < -0.4 is 5.73 Å². The third-order valence-electron chi connectivity index (χ3n) is 4.66. The molecule has 2 N–H and O–H groups in total. The van der Waals surface area contributed by atoms with Crippen molar-refractivity contribution in [1.82, 2.24) is 4.90 Å². The van der Waals surface area contributed by atoms with E-state index in [1.54, 1.807) is 11.3 Å². The Labute approximate surface area is 118 Å². The van der Waals surface area contributed by atoms with Crippen LogP contribution in [0, 0.1) is 11.8 Å². The Morgan fingerprint density at radius 2 is 2.26 bits per heavy atom.